The van der Waals surface area contributed by atoms with Crippen LogP contribution in [-0.4, -0.2) is 33.4 Å². The predicted molar refractivity (Wildman–Crippen MR) is 95.1 cm³/mol. The molecule has 24 heavy (non-hydrogen) atoms. The molecule has 0 spiro atoms. The molecule has 0 aromatic carbocycles. The summed E-state index contributed by atoms with van der Waals surface area (Å²) in [5.41, 5.74) is -0.747. The Hall–Kier alpha value is -0.880. The highest BCUT2D eigenvalue weighted by Crippen LogP contribution is 2.45. The highest BCUT2D eigenvalue weighted by Gasteiger charge is 2.42. The van der Waals surface area contributed by atoms with Crippen molar-refractivity contribution in [1.82, 2.24) is 0 Å². The minimum absolute atomic E-state index is 0.215. The number of carbonyl (C=O) groups excluding carboxylic acids is 1. The predicted octanol–water partition coefficient (Wildman–Crippen LogP) is 3.84. The maximum absolute atomic E-state index is 11.8. The normalized spacial score (nSPS) is 25.2. The molecule has 0 radical (unpaired) electrons. The van der Waals surface area contributed by atoms with E-state index < -0.39 is 15.5 Å². The Morgan fingerprint density at radius 3 is 2.54 bits per heavy atom. The minimum atomic E-state index is -3.50. The van der Waals surface area contributed by atoms with Crippen LogP contribution < -0.4 is 0 Å². The van der Waals surface area contributed by atoms with Crippen LogP contribution >= 0.6 is 0 Å². The van der Waals surface area contributed by atoms with Gasteiger partial charge in [0.15, 0.2) is 0 Å². The number of hydrogen-bond donors (Lipinski definition) is 0. The van der Waals surface area contributed by atoms with Gasteiger partial charge >= 0.3 is 5.97 Å². The molecule has 1 unspecified atom stereocenters. The van der Waals surface area contributed by atoms with Gasteiger partial charge in [0.1, 0.15) is 0 Å². The van der Waals surface area contributed by atoms with Gasteiger partial charge in [0.05, 0.1) is 24.4 Å². The van der Waals surface area contributed by atoms with Crippen molar-refractivity contribution in [3.8, 4) is 0 Å². The number of esters is 1. The molecule has 1 fully saturated rings. The van der Waals surface area contributed by atoms with Crippen LogP contribution in [0, 0.1) is 10.8 Å². The number of carbonyl (C=O) groups is 1. The molecule has 1 saturated carbocycles. The summed E-state index contributed by atoms with van der Waals surface area (Å²) in [7, 11) is -3.50. The van der Waals surface area contributed by atoms with Crippen molar-refractivity contribution in [2.75, 3.05) is 12.9 Å². The van der Waals surface area contributed by atoms with Gasteiger partial charge in [0.2, 0.25) is 0 Å². The molecule has 0 bridgehead atoms. The minimum Gasteiger partial charge on any atom is -0.465 e. The van der Waals surface area contributed by atoms with Crippen LogP contribution in [0.1, 0.15) is 65.7 Å². The van der Waals surface area contributed by atoms with Gasteiger partial charge in [-0.25, -0.2) is 0 Å². The number of ether oxygens (including phenoxy) is 1. The molecule has 1 aliphatic carbocycles. The summed E-state index contributed by atoms with van der Waals surface area (Å²) in [5.74, 6) is -0.215. The Balaban J connectivity index is 2.71. The molecule has 0 aliphatic heterocycles. The van der Waals surface area contributed by atoms with Crippen LogP contribution in [0.15, 0.2) is 12.7 Å². The van der Waals surface area contributed by atoms with E-state index in [1.54, 1.807) is 0 Å². The zero-order valence-corrected chi connectivity index (χ0v) is 16.3. The third-order valence-electron chi connectivity index (χ3n) is 4.58. The molecule has 0 heterocycles. The van der Waals surface area contributed by atoms with Gasteiger partial charge in [-0.05, 0) is 52.9 Å². The zero-order chi connectivity index (χ0) is 18.4. The van der Waals surface area contributed by atoms with Crippen LogP contribution in [0.3, 0.4) is 0 Å². The maximum Gasteiger partial charge on any atom is 0.311 e. The fourth-order valence-electron chi connectivity index (χ4n) is 3.35. The molecule has 5 nitrogen and oxygen atoms in total. The molecule has 0 aromatic rings. The van der Waals surface area contributed by atoms with E-state index in [2.05, 4.69) is 6.58 Å². The molecule has 6 heteroatoms. The fourth-order valence-corrected chi connectivity index (χ4v) is 4.07. The third-order valence-corrected chi connectivity index (χ3v) is 5.16. The molecule has 1 aliphatic rings. The summed E-state index contributed by atoms with van der Waals surface area (Å²) >= 11 is 0. The zero-order valence-electron chi connectivity index (χ0n) is 15.5. The lowest BCUT2D eigenvalue weighted by Crippen LogP contribution is -2.41. The van der Waals surface area contributed by atoms with Crippen molar-refractivity contribution >= 4 is 16.1 Å². The van der Waals surface area contributed by atoms with Crippen molar-refractivity contribution in [3.05, 3.63) is 12.7 Å². The second kappa shape index (κ2) is 8.48. The number of rotatable bonds is 8. The monoisotopic (exact) mass is 360 g/mol. The van der Waals surface area contributed by atoms with Crippen LogP contribution in [-0.2, 0) is 23.8 Å². The van der Waals surface area contributed by atoms with E-state index in [0.717, 1.165) is 38.4 Å². The molecular formula is C18H32O5S. The Morgan fingerprint density at radius 1 is 1.33 bits per heavy atom. The Labute approximate surface area is 146 Å². The first-order chi connectivity index (χ1) is 11.0. The Morgan fingerprint density at radius 2 is 2.00 bits per heavy atom. The average Bonchev–Trinajstić information content (AvgIpc) is 2.43. The first-order valence-corrected chi connectivity index (χ1v) is 10.5. The first kappa shape index (κ1) is 21.2. The summed E-state index contributed by atoms with van der Waals surface area (Å²) in [4.78, 5) is 11.8. The summed E-state index contributed by atoms with van der Waals surface area (Å²) in [6.07, 6.45) is 8.46. The Bertz CT molecular complexity index is 532. The van der Waals surface area contributed by atoms with Crippen molar-refractivity contribution in [3.63, 3.8) is 0 Å². The molecule has 140 valence electrons. The average molecular weight is 361 g/mol. The Kier molecular flexibility index (Phi) is 7.47. The highest BCUT2D eigenvalue weighted by atomic mass is 32.2. The molecule has 1 rings (SSSR count). The third kappa shape index (κ3) is 6.55. The van der Waals surface area contributed by atoms with Gasteiger partial charge in [-0.3, -0.25) is 8.98 Å². The highest BCUT2D eigenvalue weighted by molar-refractivity contribution is 7.86. The van der Waals surface area contributed by atoms with Crippen molar-refractivity contribution in [2.45, 2.75) is 71.8 Å². The smallest absolute Gasteiger partial charge is 0.311 e. The van der Waals surface area contributed by atoms with Crippen molar-refractivity contribution < 1.29 is 22.1 Å². The second-order valence-corrected chi connectivity index (χ2v) is 9.48. The van der Waals surface area contributed by atoms with E-state index >= 15 is 0 Å². The quantitative estimate of drug-likeness (QED) is 0.285. The van der Waals surface area contributed by atoms with Gasteiger partial charge in [-0.1, -0.05) is 18.9 Å². The van der Waals surface area contributed by atoms with E-state index in [1.165, 1.54) is 0 Å². The van der Waals surface area contributed by atoms with E-state index in [9.17, 15) is 13.2 Å². The fraction of sp³-hybridized carbons (Fsp3) is 0.833. The first-order valence-electron chi connectivity index (χ1n) is 8.66. The van der Waals surface area contributed by atoms with E-state index in [1.807, 2.05) is 26.8 Å². The number of hydrogen-bond acceptors (Lipinski definition) is 5. The lowest BCUT2D eigenvalue weighted by atomic mass is 9.67. The van der Waals surface area contributed by atoms with Crippen LogP contribution in [0.5, 0.6) is 0 Å². The molecule has 0 N–H and O–H groups in total. The van der Waals surface area contributed by atoms with Gasteiger partial charge in [-0.2, -0.15) is 8.42 Å². The molecule has 0 saturated heterocycles. The maximum atomic E-state index is 11.8. The van der Waals surface area contributed by atoms with Crippen LogP contribution in [0.25, 0.3) is 0 Å². The number of allylic oxidation sites excluding steroid dienone is 1. The van der Waals surface area contributed by atoms with E-state index in [-0.39, 0.29) is 17.5 Å². The molecule has 0 aromatic heterocycles. The summed E-state index contributed by atoms with van der Waals surface area (Å²) in [6, 6.07) is 0. The SMILES string of the molecule is C=CC[C@]1(CCCOC(=O)C(C)(C)C)CCCCC1OS(C)(=O)=O. The topological polar surface area (TPSA) is 69.7 Å². The van der Waals surface area contributed by atoms with E-state index in [4.69, 9.17) is 8.92 Å². The van der Waals surface area contributed by atoms with Crippen molar-refractivity contribution in [2.24, 2.45) is 10.8 Å². The standard InChI is InChI=1S/C18H32O5S/c1-6-11-18(13-9-14-22-16(19)17(2,3)4)12-8-7-10-15(18)23-24(5,20)21/h6,15H,1,7-14H2,2-5H3/t15?,18-/m1/s1. The van der Waals surface area contributed by atoms with E-state index in [0.29, 0.717) is 19.4 Å². The van der Waals surface area contributed by atoms with Crippen LogP contribution in [0.4, 0.5) is 0 Å². The summed E-state index contributed by atoms with van der Waals surface area (Å²) in [6.45, 7) is 9.65. The van der Waals surface area contributed by atoms with Gasteiger partial charge in [0.25, 0.3) is 10.1 Å². The molecule has 2 atom stereocenters. The summed E-state index contributed by atoms with van der Waals surface area (Å²) in [5, 5.41) is 0. The lowest BCUT2D eigenvalue weighted by Gasteiger charge is -2.43. The second-order valence-electron chi connectivity index (χ2n) is 7.88. The van der Waals surface area contributed by atoms with Crippen molar-refractivity contribution in [1.29, 1.82) is 0 Å². The largest absolute Gasteiger partial charge is 0.465 e. The van der Waals surface area contributed by atoms with Gasteiger partial charge in [0, 0.05) is 5.41 Å². The van der Waals surface area contributed by atoms with Crippen LogP contribution in [0.2, 0.25) is 0 Å². The van der Waals surface area contributed by atoms with Gasteiger partial charge < -0.3 is 4.74 Å². The molecular weight excluding hydrogens is 328 g/mol. The lowest BCUT2D eigenvalue weighted by molar-refractivity contribution is -0.153. The van der Waals surface area contributed by atoms with Gasteiger partial charge in [-0.15, -0.1) is 6.58 Å². The molecule has 0 amide bonds. The summed E-state index contributed by atoms with van der Waals surface area (Å²) < 4.78 is 33.9.